The second-order valence-corrected chi connectivity index (χ2v) is 13.3. The Hall–Kier alpha value is -4.24. The summed E-state index contributed by atoms with van der Waals surface area (Å²) < 4.78 is 13.0. The number of fused-ring (bicyclic) bond motifs is 1. The molecule has 226 valence electrons. The quantitative estimate of drug-likeness (QED) is 0.268. The molecule has 1 amide bonds. The Morgan fingerprint density at radius 2 is 1.50 bits per heavy atom. The molecule has 2 atom stereocenters. The van der Waals surface area contributed by atoms with Crippen LogP contribution in [0.2, 0.25) is 0 Å². The van der Waals surface area contributed by atoms with Crippen LogP contribution < -0.4 is 14.1 Å². The molecule has 0 bridgehead atoms. The summed E-state index contributed by atoms with van der Waals surface area (Å²) in [5.74, 6) is 0.153. The van der Waals surface area contributed by atoms with E-state index in [1.54, 1.807) is 29.2 Å². The van der Waals surface area contributed by atoms with E-state index in [-0.39, 0.29) is 23.6 Å². The van der Waals surface area contributed by atoms with Crippen LogP contribution in [0.3, 0.4) is 0 Å². The van der Waals surface area contributed by atoms with E-state index in [2.05, 4.69) is 21.9 Å². The SMILES string of the molecule is CO[C@@H](C(=O)N1Cc2c([AsH]C(=O)c3ccc(N4CCN(C)CC4)cc3)nn(C(=O)Oc3ccccc3)c2C1)c1ccccc1. The zero-order valence-corrected chi connectivity index (χ0v) is 26.8. The fourth-order valence-electron chi connectivity index (χ4n) is 5.52. The van der Waals surface area contributed by atoms with Gasteiger partial charge in [-0.2, -0.15) is 0 Å². The Morgan fingerprint density at radius 3 is 2.16 bits per heavy atom. The number of methoxy groups -OCH3 is 1. The summed E-state index contributed by atoms with van der Waals surface area (Å²) in [5, 5.41) is 4.60. The molecule has 0 radical (unpaired) electrons. The van der Waals surface area contributed by atoms with Gasteiger partial charge in [-0.05, 0) is 0 Å². The van der Waals surface area contributed by atoms with Crippen LogP contribution >= 0.6 is 0 Å². The van der Waals surface area contributed by atoms with Crippen molar-refractivity contribution in [3.05, 3.63) is 107 Å². The van der Waals surface area contributed by atoms with Crippen molar-refractivity contribution in [2.75, 3.05) is 45.2 Å². The topological polar surface area (TPSA) is 97.2 Å². The normalized spacial score (nSPS) is 15.9. The second kappa shape index (κ2) is 13.2. The molecule has 0 N–H and O–H groups in total. The summed E-state index contributed by atoms with van der Waals surface area (Å²) in [6.45, 7) is 4.28. The van der Waals surface area contributed by atoms with E-state index < -0.39 is 27.9 Å². The molecule has 0 aliphatic carbocycles. The summed E-state index contributed by atoms with van der Waals surface area (Å²) in [6, 6.07) is 25.8. The number of carbonyl (C=O) groups excluding carboxylic acids is 3. The molecular weight excluding hydrogens is 621 g/mol. The molecule has 3 aromatic carbocycles. The number of amides is 1. The minimum atomic E-state index is -1.46. The molecule has 3 heterocycles. The molecule has 10 nitrogen and oxygen atoms in total. The Bertz CT molecular complexity index is 1640. The summed E-state index contributed by atoms with van der Waals surface area (Å²) in [5.41, 5.74) is 3.74. The third-order valence-corrected chi connectivity index (χ3v) is 10.4. The molecule has 1 saturated heterocycles. The molecule has 1 aromatic heterocycles. The number of rotatable bonds is 8. The van der Waals surface area contributed by atoms with Crippen molar-refractivity contribution in [2.45, 2.75) is 19.2 Å². The summed E-state index contributed by atoms with van der Waals surface area (Å²) in [6.07, 6.45) is -1.48. The van der Waals surface area contributed by atoms with Gasteiger partial charge >= 0.3 is 263 Å². The van der Waals surface area contributed by atoms with E-state index in [0.29, 0.717) is 21.5 Å². The van der Waals surface area contributed by atoms with Crippen molar-refractivity contribution < 1.29 is 23.9 Å². The summed E-state index contributed by atoms with van der Waals surface area (Å²) in [4.78, 5) is 46.8. The van der Waals surface area contributed by atoms with Crippen molar-refractivity contribution in [1.82, 2.24) is 19.6 Å². The van der Waals surface area contributed by atoms with Gasteiger partial charge in [-0.25, -0.2) is 0 Å². The van der Waals surface area contributed by atoms with Crippen molar-refractivity contribution in [3.8, 4) is 5.75 Å². The van der Waals surface area contributed by atoms with Gasteiger partial charge < -0.3 is 0 Å². The van der Waals surface area contributed by atoms with E-state index in [9.17, 15) is 14.4 Å². The predicted octanol–water partition coefficient (Wildman–Crippen LogP) is 2.81. The number of aromatic nitrogens is 2. The number of anilines is 1. The van der Waals surface area contributed by atoms with E-state index in [1.807, 2.05) is 60.7 Å². The van der Waals surface area contributed by atoms with Crippen LogP contribution in [-0.4, -0.2) is 92.2 Å². The number of hydrogen-bond donors (Lipinski definition) is 0. The van der Waals surface area contributed by atoms with Gasteiger partial charge in [-0.1, -0.05) is 0 Å². The van der Waals surface area contributed by atoms with Gasteiger partial charge in [-0.15, -0.1) is 0 Å². The van der Waals surface area contributed by atoms with Crippen molar-refractivity contribution >= 4 is 42.5 Å². The summed E-state index contributed by atoms with van der Waals surface area (Å²) in [7, 11) is 3.63. The van der Waals surface area contributed by atoms with Crippen LogP contribution in [0.1, 0.15) is 33.3 Å². The third kappa shape index (κ3) is 6.33. The zero-order valence-electron chi connectivity index (χ0n) is 24.7. The number of hydrogen-bond acceptors (Lipinski definition) is 8. The average Bonchev–Trinajstić information content (AvgIpc) is 3.63. The monoisotopic (exact) mass is 655 g/mol. The van der Waals surface area contributed by atoms with E-state index in [0.717, 1.165) is 43.0 Å². The fraction of sp³-hybridized carbons (Fsp3) is 0.273. The van der Waals surface area contributed by atoms with Gasteiger partial charge in [-0.3, -0.25) is 0 Å². The number of ether oxygens (including phenoxy) is 2. The Balaban J connectivity index is 1.24. The molecule has 44 heavy (non-hydrogen) atoms. The molecular formula is C33H34AsN5O5. The maximum atomic E-state index is 13.6. The van der Waals surface area contributed by atoms with Crippen LogP contribution in [0.15, 0.2) is 84.9 Å². The average molecular weight is 656 g/mol. The molecule has 0 saturated carbocycles. The standard InChI is InChI=1S/C33H34AsN5O5/c1-36-17-19-37(20-18-36)25-15-13-24(14-16-25)31(40)34-30-27-21-38(32(41)29(43-2)23-9-5-3-6-10-23)22-28(27)39(35-30)33(42)44-26-11-7-4-8-12-26/h3-16,29,34H,17-22H2,1-2H3/t29-/m1/s1. The van der Waals surface area contributed by atoms with Crippen LogP contribution in [0.25, 0.3) is 0 Å². The molecule has 6 rings (SSSR count). The van der Waals surface area contributed by atoms with Crippen LogP contribution in [0.4, 0.5) is 10.5 Å². The van der Waals surface area contributed by atoms with E-state index in [1.165, 1.54) is 11.8 Å². The van der Waals surface area contributed by atoms with Gasteiger partial charge in [0.05, 0.1) is 0 Å². The number of para-hydroxylation sites is 1. The first-order valence-electron chi connectivity index (χ1n) is 14.5. The van der Waals surface area contributed by atoms with E-state index in [4.69, 9.17) is 9.47 Å². The van der Waals surface area contributed by atoms with Gasteiger partial charge in [0.2, 0.25) is 0 Å². The molecule has 0 spiro atoms. The number of nitrogens with zero attached hydrogens (tertiary/aromatic N) is 5. The number of benzene rings is 3. The van der Waals surface area contributed by atoms with Gasteiger partial charge in [0.1, 0.15) is 0 Å². The van der Waals surface area contributed by atoms with Crippen LogP contribution in [0.5, 0.6) is 5.75 Å². The molecule has 4 aromatic rings. The number of piperazine rings is 1. The van der Waals surface area contributed by atoms with E-state index >= 15 is 0 Å². The minimum absolute atomic E-state index is 0.00244. The Morgan fingerprint density at radius 1 is 0.841 bits per heavy atom. The predicted molar refractivity (Wildman–Crippen MR) is 168 cm³/mol. The fourth-order valence-corrected chi connectivity index (χ4v) is 7.73. The molecule has 2 aliphatic rings. The van der Waals surface area contributed by atoms with Crippen molar-refractivity contribution in [1.29, 1.82) is 0 Å². The molecule has 11 heteroatoms. The Kier molecular flexibility index (Phi) is 8.93. The molecule has 1 unspecified atom stereocenters. The summed E-state index contributed by atoms with van der Waals surface area (Å²) >= 11 is -1.46. The first-order chi connectivity index (χ1) is 21.4. The number of likely N-dealkylation sites (N-methyl/N-ethyl adjacent to an activating group) is 1. The van der Waals surface area contributed by atoms with Gasteiger partial charge in [0.15, 0.2) is 0 Å². The van der Waals surface area contributed by atoms with Gasteiger partial charge in [0, 0.05) is 0 Å². The second-order valence-electron chi connectivity index (χ2n) is 10.9. The van der Waals surface area contributed by atoms with Gasteiger partial charge in [0.25, 0.3) is 0 Å². The van der Waals surface area contributed by atoms with Crippen LogP contribution in [0, 0.1) is 0 Å². The van der Waals surface area contributed by atoms with Crippen molar-refractivity contribution in [3.63, 3.8) is 0 Å². The first kappa shape index (κ1) is 29.8. The maximum absolute atomic E-state index is 13.6. The molecule has 2 aliphatic heterocycles. The third-order valence-electron chi connectivity index (χ3n) is 8.00. The Labute approximate surface area is 262 Å². The first-order valence-corrected chi connectivity index (χ1v) is 16.6. The zero-order chi connectivity index (χ0) is 30.6. The van der Waals surface area contributed by atoms with Crippen molar-refractivity contribution in [2.24, 2.45) is 0 Å². The van der Waals surface area contributed by atoms with Crippen LogP contribution in [-0.2, 0) is 22.6 Å². The number of carbonyl (C=O) groups is 3. The molecule has 1 fully saturated rings.